The number of esters is 1. The fraction of sp³-hybridized carbons (Fsp3) is 0.571. The number of phenolic OH excluding ortho intramolecular Hbond substituents is 1. The Morgan fingerprint density at radius 2 is 1.88 bits per heavy atom. The van der Waals surface area contributed by atoms with Crippen LogP contribution in [-0.4, -0.2) is 91.5 Å². The van der Waals surface area contributed by atoms with E-state index in [0.29, 0.717) is 5.56 Å². The molecule has 9 N–H and O–H groups in total. The van der Waals surface area contributed by atoms with Crippen molar-refractivity contribution in [2.75, 3.05) is 6.61 Å². The molecule has 1 amide bonds. The molecule has 0 radical (unpaired) electrons. The van der Waals surface area contributed by atoms with E-state index in [-0.39, 0.29) is 12.2 Å². The van der Waals surface area contributed by atoms with Gasteiger partial charge in [-0.1, -0.05) is 12.1 Å². The number of carboxylic acids is 1. The van der Waals surface area contributed by atoms with Crippen LogP contribution in [0.25, 0.3) is 0 Å². The number of phenols is 1. The molecule has 0 bridgehead atoms. The third-order valence-electron chi connectivity index (χ3n) is 5.37. The maximum atomic E-state index is 12.2. The summed E-state index contributed by atoms with van der Waals surface area (Å²) in [6.45, 7) is 0.532. The van der Waals surface area contributed by atoms with E-state index in [9.17, 15) is 45.0 Å². The number of aromatic hydroxyl groups is 1. The van der Waals surface area contributed by atoms with Crippen molar-refractivity contribution < 1.29 is 54.5 Å². The maximum Gasteiger partial charge on any atom is 0.364 e. The van der Waals surface area contributed by atoms with E-state index in [0.717, 1.165) is 6.92 Å². The molecule has 1 saturated heterocycles. The lowest BCUT2D eigenvalue weighted by atomic mass is 9.83. The summed E-state index contributed by atoms with van der Waals surface area (Å²) in [5, 5.41) is 61.8. The highest BCUT2D eigenvalue weighted by molar-refractivity contribution is 5.76. The van der Waals surface area contributed by atoms with Gasteiger partial charge in [0.2, 0.25) is 5.91 Å². The number of hydrogen-bond acceptors (Lipinski definition) is 11. The quantitative estimate of drug-likeness (QED) is 0.127. The molecule has 1 aliphatic heterocycles. The average molecular weight is 486 g/mol. The number of aliphatic hydroxyl groups is 4. The lowest BCUT2D eigenvalue weighted by Gasteiger charge is -2.44. The SMILES string of the molecule is CC(=O)N[C@@H](O)[C@@H]1[C@H](C[C@H](O)COC(=O)[C@H](N)Cc2ccc(O)cc2)O[C@](O)(C(=O)O)C[C@@H]1O. The molecular weight excluding hydrogens is 456 g/mol. The van der Waals surface area contributed by atoms with Gasteiger partial charge in [-0.3, -0.25) is 9.59 Å². The molecule has 13 nitrogen and oxygen atoms in total. The minimum atomic E-state index is -2.79. The standard InChI is InChI=1S/C21H30N2O11/c1-10(24)23-18(28)17-15(27)8-21(32,20(30)31)34-16(17)7-13(26)9-33-19(29)14(22)6-11-2-4-12(25)5-3-11/h2-5,13-18,25-28,32H,6-9,22H2,1H3,(H,23,24)(H,30,31)/t13-,14+,15-,16-,17-,18-,21-/m0/s1. The van der Waals surface area contributed by atoms with Crippen molar-refractivity contribution in [1.29, 1.82) is 0 Å². The van der Waals surface area contributed by atoms with Crippen LogP contribution in [0.3, 0.4) is 0 Å². The second kappa shape index (κ2) is 11.6. The Hall–Kier alpha value is -2.81. The lowest BCUT2D eigenvalue weighted by molar-refractivity contribution is -0.297. The summed E-state index contributed by atoms with van der Waals surface area (Å²) in [6, 6.07) is 4.94. The van der Waals surface area contributed by atoms with E-state index < -0.39 is 79.6 Å². The van der Waals surface area contributed by atoms with Crippen LogP contribution < -0.4 is 11.1 Å². The Morgan fingerprint density at radius 3 is 2.44 bits per heavy atom. The Bertz CT molecular complexity index is 865. The Kier molecular flexibility index (Phi) is 9.32. The third kappa shape index (κ3) is 7.35. The highest BCUT2D eigenvalue weighted by atomic mass is 16.7. The topological polar surface area (TPSA) is 229 Å². The van der Waals surface area contributed by atoms with E-state index >= 15 is 0 Å². The number of nitrogens with two attached hydrogens (primary N) is 1. The molecule has 1 aliphatic rings. The van der Waals surface area contributed by atoms with Crippen molar-refractivity contribution in [2.24, 2.45) is 11.7 Å². The van der Waals surface area contributed by atoms with Gasteiger partial charge in [0.15, 0.2) is 0 Å². The smallest absolute Gasteiger partial charge is 0.364 e. The molecule has 1 aromatic rings. The van der Waals surface area contributed by atoms with Crippen molar-refractivity contribution >= 4 is 17.8 Å². The zero-order valence-electron chi connectivity index (χ0n) is 18.4. The number of aliphatic hydroxyl groups excluding tert-OH is 3. The lowest BCUT2D eigenvalue weighted by Crippen LogP contribution is -2.61. The summed E-state index contributed by atoms with van der Waals surface area (Å²) in [5.74, 6) is -7.31. The van der Waals surface area contributed by atoms with E-state index in [1.54, 1.807) is 12.1 Å². The second-order valence-corrected chi connectivity index (χ2v) is 8.24. The molecule has 2 rings (SSSR count). The van der Waals surface area contributed by atoms with Crippen molar-refractivity contribution in [3.05, 3.63) is 29.8 Å². The average Bonchev–Trinajstić information content (AvgIpc) is 2.72. The zero-order valence-corrected chi connectivity index (χ0v) is 18.4. The number of benzene rings is 1. The first-order valence-corrected chi connectivity index (χ1v) is 10.5. The number of carboxylic acid groups (broad SMARTS) is 1. The van der Waals surface area contributed by atoms with Gasteiger partial charge in [0.1, 0.15) is 24.6 Å². The molecule has 0 spiro atoms. The Morgan fingerprint density at radius 1 is 1.26 bits per heavy atom. The van der Waals surface area contributed by atoms with Crippen molar-refractivity contribution in [1.82, 2.24) is 5.32 Å². The Balaban J connectivity index is 2.00. The molecule has 1 fully saturated rings. The third-order valence-corrected chi connectivity index (χ3v) is 5.37. The van der Waals surface area contributed by atoms with Crippen LogP contribution in [0.4, 0.5) is 0 Å². The van der Waals surface area contributed by atoms with Gasteiger partial charge in [-0.05, 0) is 24.1 Å². The molecule has 34 heavy (non-hydrogen) atoms. The number of aliphatic carboxylic acids is 1. The highest BCUT2D eigenvalue weighted by Gasteiger charge is 2.53. The van der Waals surface area contributed by atoms with E-state index in [4.69, 9.17) is 15.2 Å². The van der Waals surface area contributed by atoms with E-state index in [1.807, 2.05) is 0 Å². The first-order chi connectivity index (χ1) is 15.8. The van der Waals surface area contributed by atoms with Gasteiger partial charge >= 0.3 is 11.9 Å². The predicted molar refractivity (Wildman–Crippen MR) is 113 cm³/mol. The molecule has 190 valence electrons. The molecule has 1 heterocycles. The second-order valence-electron chi connectivity index (χ2n) is 8.24. The minimum absolute atomic E-state index is 0.0507. The molecule has 0 aromatic heterocycles. The summed E-state index contributed by atoms with van der Waals surface area (Å²) in [4.78, 5) is 34.8. The Labute approximate surface area is 194 Å². The maximum absolute atomic E-state index is 12.2. The number of ether oxygens (including phenoxy) is 2. The fourth-order valence-electron chi connectivity index (χ4n) is 3.70. The molecule has 13 heteroatoms. The van der Waals surface area contributed by atoms with Gasteiger partial charge in [0.05, 0.1) is 24.2 Å². The van der Waals surface area contributed by atoms with Gasteiger partial charge < -0.3 is 51.2 Å². The van der Waals surface area contributed by atoms with Gasteiger partial charge in [-0.25, -0.2) is 4.79 Å². The van der Waals surface area contributed by atoms with Gasteiger partial charge in [-0.15, -0.1) is 0 Å². The summed E-state index contributed by atoms with van der Waals surface area (Å²) in [6.07, 6.45) is -7.34. The minimum Gasteiger partial charge on any atom is -0.508 e. The van der Waals surface area contributed by atoms with Gasteiger partial charge in [-0.2, -0.15) is 0 Å². The number of rotatable bonds is 10. The fourth-order valence-corrected chi connectivity index (χ4v) is 3.70. The van der Waals surface area contributed by atoms with Crippen molar-refractivity contribution in [3.8, 4) is 5.75 Å². The van der Waals surface area contributed by atoms with Crippen LogP contribution >= 0.6 is 0 Å². The van der Waals surface area contributed by atoms with Crippen LogP contribution in [0.2, 0.25) is 0 Å². The number of carbonyl (C=O) groups excluding carboxylic acids is 2. The summed E-state index contributed by atoms with van der Waals surface area (Å²) >= 11 is 0. The van der Waals surface area contributed by atoms with Crippen molar-refractivity contribution in [3.63, 3.8) is 0 Å². The molecule has 0 saturated carbocycles. The van der Waals surface area contributed by atoms with Crippen molar-refractivity contribution in [2.45, 2.75) is 62.6 Å². The normalized spacial score (nSPS) is 27.3. The first kappa shape index (κ1) is 27.4. The van der Waals surface area contributed by atoms with E-state index in [2.05, 4.69) is 5.32 Å². The molecule has 0 unspecified atom stereocenters. The molecule has 0 aliphatic carbocycles. The summed E-state index contributed by atoms with van der Waals surface area (Å²) < 4.78 is 10.2. The van der Waals surface area contributed by atoms with E-state index in [1.165, 1.54) is 12.1 Å². The summed E-state index contributed by atoms with van der Waals surface area (Å²) in [7, 11) is 0. The molecular formula is C21H30N2O11. The first-order valence-electron chi connectivity index (χ1n) is 10.5. The van der Waals surface area contributed by atoms with Crippen LogP contribution in [0, 0.1) is 5.92 Å². The van der Waals surface area contributed by atoms with Crippen LogP contribution in [-0.2, 0) is 30.3 Å². The monoisotopic (exact) mass is 486 g/mol. The number of hydrogen-bond donors (Lipinski definition) is 8. The van der Waals surface area contributed by atoms with Gasteiger partial charge in [0.25, 0.3) is 5.79 Å². The number of nitrogens with one attached hydrogen (secondary N) is 1. The number of carbonyl (C=O) groups is 3. The predicted octanol–water partition coefficient (Wildman–Crippen LogP) is -2.45. The highest BCUT2D eigenvalue weighted by Crippen LogP contribution is 2.35. The molecule has 7 atom stereocenters. The zero-order chi connectivity index (χ0) is 25.6. The van der Waals surface area contributed by atoms with Gasteiger partial charge in [0, 0.05) is 19.8 Å². The summed E-state index contributed by atoms with van der Waals surface area (Å²) in [5.41, 5.74) is 6.47. The van der Waals surface area contributed by atoms with Crippen LogP contribution in [0.5, 0.6) is 5.75 Å². The van der Waals surface area contributed by atoms with Crippen LogP contribution in [0.1, 0.15) is 25.3 Å². The number of amides is 1. The van der Waals surface area contributed by atoms with Crippen LogP contribution in [0.15, 0.2) is 24.3 Å². The largest absolute Gasteiger partial charge is 0.508 e. The molecule has 1 aromatic carbocycles.